The number of methoxy groups -OCH3 is 1. The molecule has 1 atom stereocenters. The van der Waals surface area contributed by atoms with Crippen molar-refractivity contribution >= 4 is 24.5 Å². The van der Waals surface area contributed by atoms with Gasteiger partial charge in [0, 0.05) is 6.42 Å². The maximum Gasteiger partial charge on any atom is 0.328 e. The zero-order valence-corrected chi connectivity index (χ0v) is 12.5. The lowest BCUT2D eigenvalue weighted by atomic mass is 10.0. The van der Waals surface area contributed by atoms with Gasteiger partial charge in [-0.15, -0.1) is 0 Å². The van der Waals surface area contributed by atoms with E-state index in [9.17, 15) is 9.59 Å². The molecule has 0 heterocycles. The minimum atomic E-state index is -0.521. The zero-order valence-electron chi connectivity index (χ0n) is 11.6. The van der Waals surface area contributed by atoms with Gasteiger partial charge >= 0.3 is 5.97 Å². The number of carbonyl (C=O) groups excluding carboxylic acids is 2. The molecule has 5 heteroatoms. The van der Waals surface area contributed by atoms with Crippen LogP contribution in [0.1, 0.15) is 46.0 Å². The number of carbonyl (C=O) groups is 2. The quantitative estimate of drug-likeness (QED) is 0.385. The van der Waals surface area contributed by atoms with Crippen LogP contribution >= 0.6 is 12.6 Å². The second kappa shape index (κ2) is 10.2. The Morgan fingerprint density at radius 1 is 1.22 bits per heavy atom. The molecule has 0 aromatic rings. The molecule has 0 unspecified atom stereocenters. The molecule has 1 N–H and O–H groups in total. The molecule has 0 aromatic heterocycles. The van der Waals surface area contributed by atoms with Gasteiger partial charge in [-0.1, -0.05) is 20.3 Å². The van der Waals surface area contributed by atoms with Crippen LogP contribution in [0, 0.1) is 5.92 Å². The third kappa shape index (κ3) is 8.39. The molecule has 0 aliphatic rings. The Morgan fingerprint density at radius 3 is 2.39 bits per heavy atom. The summed E-state index contributed by atoms with van der Waals surface area (Å²) in [6, 6.07) is -0.521. The van der Waals surface area contributed by atoms with Gasteiger partial charge in [-0.3, -0.25) is 4.79 Å². The fourth-order valence-corrected chi connectivity index (χ4v) is 1.89. The number of hydrogen-bond donors (Lipinski definition) is 2. The highest BCUT2D eigenvalue weighted by atomic mass is 32.1. The Kier molecular flexibility index (Phi) is 9.83. The van der Waals surface area contributed by atoms with Crippen LogP contribution in [0.2, 0.25) is 0 Å². The number of ether oxygens (including phenoxy) is 1. The van der Waals surface area contributed by atoms with Crippen LogP contribution in [0.25, 0.3) is 0 Å². The second-order valence-corrected chi connectivity index (χ2v) is 5.25. The first-order valence-corrected chi connectivity index (χ1v) is 7.12. The average Bonchev–Trinajstić information content (AvgIpc) is 2.32. The van der Waals surface area contributed by atoms with E-state index in [0.717, 1.165) is 25.0 Å². The van der Waals surface area contributed by atoms with Crippen molar-refractivity contribution < 1.29 is 14.3 Å². The van der Waals surface area contributed by atoms with Gasteiger partial charge in [-0.2, -0.15) is 12.6 Å². The van der Waals surface area contributed by atoms with E-state index in [2.05, 4.69) is 17.9 Å². The first kappa shape index (κ1) is 17.3. The van der Waals surface area contributed by atoms with Gasteiger partial charge < -0.3 is 10.1 Å². The number of esters is 1. The predicted molar refractivity (Wildman–Crippen MR) is 75.7 cm³/mol. The summed E-state index contributed by atoms with van der Waals surface area (Å²) in [6.45, 7) is 4.02. The van der Waals surface area contributed by atoms with E-state index in [-0.39, 0.29) is 11.9 Å². The van der Waals surface area contributed by atoms with Crippen LogP contribution in [0.5, 0.6) is 0 Å². The van der Waals surface area contributed by atoms with Crippen molar-refractivity contribution in [1.29, 1.82) is 0 Å². The van der Waals surface area contributed by atoms with Gasteiger partial charge in [-0.25, -0.2) is 4.79 Å². The lowest BCUT2D eigenvalue weighted by Crippen LogP contribution is -2.42. The topological polar surface area (TPSA) is 55.4 Å². The third-order valence-corrected chi connectivity index (χ3v) is 2.91. The molecule has 0 aromatic carbocycles. The van der Waals surface area contributed by atoms with Crippen LogP contribution in [0.3, 0.4) is 0 Å². The van der Waals surface area contributed by atoms with E-state index in [4.69, 9.17) is 4.74 Å². The molecule has 0 fully saturated rings. The molecular weight excluding hydrogens is 250 g/mol. The van der Waals surface area contributed by atoms with E-state index in [1.807, 2.05) is 13.8 Å². The number of unbranched alkanes of at least 4 members (excludes halogenated alkanes) is 2. The van der Waals surface area contributed by atoms with Crippen LogP contribution in [-0.2, 0) is 14.3 Å². The highest BCUT2D eigenvalue weighted by Crippen LogP contribution is 2.07. The fourth-order valence-electron chi connectivity index (χ4n) is 1.67. The Bertz CT molecular complexity index is 257. The SMILES string of the molecule is COC(=O)[C@H](CC(C)C)NC(=O)CCCCCS. The van der Waals surface area contributed by atoms with Gasteiger partial charge in [0.05, 0.1) is 7.11 Å². The summed E-state index contributed by atoms with van der Waals surface area (Å²) in [7, 11) is 1.34. The smallest absolute Gasteiger partial charge is 0.328 e. The minimum absolute atomic E-state index is 0.0785. The van der Waals surface area contributed by atoms with Gasteiger partial charge in [0.1, 0.15) is 6.04 Å². The van der Waals surface area contributed by atoms with Gasteiger partial charge in [0.2, 0.25) is 5.91 Å². The number of amides is 1. The fraction of sp³-hybridized carbons (Fsp3) is 0.846. The Hall–Kier alpha value is -0.710. The Morgan fingerprint density at radius 2 is 1.89 bits per heavy atom. The van der Waals surface area contributed by atoms with Crippen LogP contribution < -0.4 is 5.32 Å². The molecule has 0 spiro atoms. The van der Waals surface area contributed by atoms with E-state index < -0.39 is 6.04 Å². The van der Waals surface area contributed by atoms with E-state index in [1.54, 1.807) is 0 Å². The minimum Gasteiger partial charge on any atom is -0.467 e. The average molecular weight is 275 g/mol. The summed E-state index contributed by atoms with van der Waals surface area (Å²) in [6.07, 6.45) is 3.91. The highest BCUT2D eigenvalue weighted by molar-refractivity contribution is 7.80. The molecule has 0 aliphatic carbocycles. The second-order valence-electron chi connectivity index (χ2n) is 4.81. The first-order valence-electron chi connectivity index (χ1n) is 6.49. The van der Waals surface area contributed by atoms with Crippen molar-refractivity contribution in [2.75, 3.05) is 12.9 Å². The molecule has 0 radical (unpaired) electrons. The Balaban J connectivity index is 4.06. The van der Waals surface area contributed by atoms with Gasteiger partial charge in [0.25, 0.3) is 0 Å². The summed E-state index contributed by atoms with van der Waals surface area (Å²) >= 11 is 4.12. The van der Waals surface area contributed by atoms with Crippen molar-refractivity contribution in [2.45, 2.75) is 52.0 Å². The van der Waals surface area contributed by atoms with E-state index in [0.29, 0.717) is 18.8 Å². The third-order valence-electron chi connectivity index (χ3n) is 2.59. The van der Waals surface area contributed by atoms with Crippen molar-refractivity contribution in [1.82, 2.24) is 5.32 Å². The lowest BCUT2D eigenvalue weighted by Gasteiger charge is -2.18. The number of rotatable bonds is 9. The van der Waals surface area contributed by atoms with E-state index in [1.165, 1.54) is 7.11 Å². The maximum atomic E-state index is 11.7. The molecule has 0 rings (SSSR count). The molecule has 0 saturated carbocycles. The molecule has 0 saturated heterocycles. The zero-order chi connectivity index (χ0) is 14.0. The number of thiol groups is 1. The normalized spacial score (nSPS) is 12.3. The van der Waals surface area contributed by atoms with Gasteiger partial charge in [-0.05, 0) is 30.9 Å². The molecule has 0 aliphatic heterocycles. The number of hydrogen-bond acceptors (Lipinski definition) is 4. The van der Waals surface area contributed by atoms with Crippen molar-refractivity contribution in [3.8, 4) is 0 Å². The van der Waals surface area contributed by atoms with Crippen LogP contribution in [-0.4, -0.2) is 30.8 Å². The molecule has 106 valence electrons. The maximum absolute atomic E-state index is 11.7. The molecule has 1 amide bonds. The van der Waals surface area contributed by atoms with Gasteiger partial charge in [0.15, 0.2) is 0 Å². The largest absolute Gasteiger partial charge is 0.467 e. The molecule has 0 bridgehead atoms. The molecule has 4 nitrogen and oxygen atoms in total. The lowest BCUT2D eigenvalue weighted by molar-refractivity contribution is -0.145. The predicted octanol–water partition coefficient (Wildman–Crippen LogP) is 2.18. The summed E-state index contributed by atoms with van der Waals surface area (Å²) in [5.41, 5.74) is 0. The standard InChI is InChI=1S/C13H25NO3S/c1-10(2)9-11(13(16)17-3)14-12(15)7-5-4-6-8-18/h10-11,18H,4-9H2,1-3H3,(H,14,15)/t11-/m0/s1. The van der Waals surface area contributed by atoms with E-state index >= 15 is 0 Å². The molecule has 18 heavy (non-hydrogen) atoms. The summed E-state index contributed by atoms with van der Waals surface area (Å²) < 4.78 is 4.69. The summed E-state index contributed by atoms with van der Waals surface area (Å²) in [5.74, 6) is 0.732. The first-order chi connectivity index (χ1) is 8.51. The van der Waals surface area contributed by atoms with Crippen LogP contribution in [0.15, 0.2) is 0 Å². The molecular formula is C13H25NO3S. The number of nitrogens with one attached hydrogen (secondary N) is 1. The van der Waals surface area contributed by atoms with Crippen LogP contribution in [0.4, 0.5) is 0 Å². The monoisotopic (exact) mass is 275 g/mol. The summed E-state index contributed by atoms with van der Waals surface area (Å²) in [4.78, 5) is 23.2. The summed E-state index contributed by atoms with van der Waals surface area (Å²) in [5, 5.41) is 2.74. The van der Waals surface area contributed by atoms with Crippen molar-refractivity contribution in [3.05, 3.63) is 0 Å². The van der Waals surface area contributed by atoms with Crippen molar-refractivity contribution in [2.24, 2.45) is 5.92 Å². The van der Waals surface area contributed by atoms with Crippen molar-refractivity contribution in [3.63, 3.8) is 0 Å². The Labute approximate surface area is 115 Å². The highest BCUT2D eigenvalue weighted by Gasteiger charge is 2.22.